The van der Waals surface area contributed by atoms with E-state index in [1.165, 1.54) is 11.3 Å². The first kappa shape index (κ1) is 15.0. The monoisotopic (exact) mass is 332 g/mol. The Labute approximate surface area is 135 Å². The molecule has 0 atom stereocenters. The Hall–Kier alpha value is -1.90. The van der Waals surface area contributed by atoms with Gasteiger partial charge in [0, 0.05) is 45.7 Å². The number of anilines is 2. The third kappa shape index (κ3) is 3.46. The smallest absolute Gasteiger partial charge is 0.187 e. The van der Waals surface area contributed by atoms with E-state index in [2.05, 4.69) is 10.3 Å². The van der Waals surface area contributed by atoms with Gasteiger partial charge in [0.25, 0.3) is 0 Å². The summed E-state index contributed by atoms with van der Waals surface area (Å²) in [7, 11) is 0. The van der Waals surface area contributed by atoms with E-state index in [0.717, 1.165) is 38.1 Å². The summed E-state index contributed by atoms with van der Waals surface area (Å²) in [6, 6.07) is 15.0. The van der Waals surface area contributed by atoms with Crippen LogP contribution in [-0.2, 0) is 0 Å². The van der Waals surface area contributed by atoms with E-state index in [1.807, 2.05) is 53.9 Å². The van der Waals surface area contributed by atoms with Crippen molar-refractivity contribution in [3.63, 3.8) is 0 Å². The van der Waals surface area contributed by atoms with Crippen molar-refractivity contribution in [3.05, 3.63) is 53.9 Å². The summed E-state index contributed by atoms with van der Waals surface area (Å²) in [6.07, 6.45) is 0. The second-order valence-electron chi connectivity index (χ2n) is 4.54. The molecule has 0 aliphatic rings. The minimum Gasteiger partial charge on any atom is -0.331 e. The summed E-state index contributed by atoms with van der Waals surface area (Å²) in [5.74, 6) is 0. The van der Waals surface area contributed by atoms with E-state index in [1.54, 1.807) is 0 Å². The van der Waals surface area contributed by atoms with E-state index in [0.29, 0.717) is 12.0 Å². The summed E-state index contributed by atoms with van der Waals surface area (Å²) in [6.45, 7) is 0. The molecule has 0 aliphatic heterocycles. The quantitative estimate of drug-likeness (QED) is 0.325. The fourth-order valence-electron chi connectivity index (χ4n) is 2.00. The average molecular weight is 332 g/mol. The van der Waals surface area contributed by atoms with Gasteiger partial charge < -0.3 is 9.87 Å². The van der Waals surface area contributed by atoms with Gasteiger partial charge in [-0.05, 0) is 18.2 Å². The molecule has 22 heavy (non-hydrogen) atoms. The topological polar surface area (TPSA) is 82.0 Å². The van der Waals surface area contributed by atoms with Crippen LogP contribution in [0.15, 0.2) is 58.8 Å². The molecule has 112 valence electrons. The van der Waals surface area contributed by atoms with Gasteiger partial charge in [-0.15, -0.1) is 11.3 Å². The van der Waals surface area contributed by atoms with Crippen LogP contribution in [0, 0.1) is 0 Å². The van der Waals surface area contributed by atoms with Gasteiger partial charge >= 0.3 is 0 Å². The molecule has 0 amide bonds. The predicted molar refractivity (Wildman–Crippen MR) is 89.1 cm³/mol. The first-order valence-corrected chi connectivity index (χ1v) is 8.16. The van der Waals surface area contributed by atoms with Crippen LogP contribution >= 0.6 is 23.4 Å². The van der Waals surface area contributed by atoms with Gasteiger partial charge in [-0.1, -0.05) is 18.2 Å². The molecule has 3 rings (SSSR count). The summed E-state index contributed by atoms with van der Waals surface area (Å²) in [5, 5.41) is 15.0. The Morgan fingerprint density at radius 1 is 1.14 bits per heavy atom. The van der Waals surface area contributed by atoms with Crippen LogP contribution in [0.1, 0.15) is 0 Å². The highest BCUT2D eigenvalue weighted by atomic mass is 32.2. The maximum atomic E-state index is 9.08. The molecule has 1 aromatic heterocycles. The first-order valence-electron chi connectivity index (χ1n) is 6.50. The molecular formula is C15H14N3O2S2+. The minimum absolute atomic E-state index is 0.716. The summed E-state index contributed by atoms with van der Waals surface area (Å²) in [5.41, 5.74) is 4.49. The molecule has 0 unspecified atom stereocenters. The van der Waals surface area contributed by atoms with E-state index in [9.17, 15) is 0 Å². The van der Waals surface area contributed by atoms with Crippen molar-refractivity contribution in [2.75, 3.05) is 5.32 Å². The first-order chi connectivity index (χ1) is 10.8. The van der Waals surface area contributed by atoms with Crippen molar-refractivity contribution in [2.24, 2.45) is 0 Å². The summed E-state index contributed by atoms with van der Waals surface area (Å²) in [4.78, 5) is 5.32. The molecule has 5 N–H and O–H groups in total. The molecule has 0 spiro atoms. The number of quaternary nitrogens is 1. The Bertz CT molecular complexity index is 777. The summed E-state index contributed by atoms with van der Waals surface area (Å²) >= 11 is 2.22. The molecule has 0 aliphatic carbocycles. The zero-order valence-corrected chi connectivity index (χ0v) is 13.1. The van der Waals surface area contributed by atoms with Gasteiger partial charge in [0.05, 0.1) is 5.69 Å². The SMILES string of the molecule is O[NH2+]c1cccc(-c2csc(Nc3cccc(SO)c3)n2)c1. The minimum atomic E-state index is 0.716. The van der Waals surface area contributed by atoms with Crippen molar-refractivity contribution in [1.82, 2.24) is 4.98 Å². The number of benzene rings is 2. The van der Waals surface area contributed by atoms with Gasteiger partial charge in [-0.25, -0.2) is 10.2 Å². The molecule has 0 bridgehead atoms. The molecule has 2 aromatic carbocycles. The standard InChI is InChI=1S/C15H13N3O2S2/c19-18-12-5-1-3-10(7-12)14-9-21-15(17-14)16-11-4-2-6-13(8-11)22-20/h1-9,18-20H,(H,16,17)/p+1. The highest BCUT2D eigenvalue weighted by Crippen LogP contribution is 2.28. The maximum absolute atomic E-state index is 9.08. The van der Waals surface area contributed by atoms with Crippen molar-refractivity contribution in [1.29, 1.82) is 0 Å². The van der Waals surface area contributed by atoms with Crippen LogP contribution in [0.5, 0.6) is 0 Å². The second kappa shape index (κ2) is 6.91. The molecule has 0 saturated heterocycles. The fraction of sp³-hybridized carbons (Fsp3) is 0. The number of rotatable bonds is 5. The zero-order valence-electron chi connectivity index (χ0n) is 11.4. The second-order valence-corrected chi connectivity index (χ2v) is 6.05. The van der Waals surface area contributed by atoms with Crippen LogP contribution in [0.25, 0.3) is 11.3 Å². The Morgan fingerprint density at radius 2 is 2.00 bits per heavy atom. The molecular weight excluding hydrogens is 318 g/mol. The molecule has 0 saturated carbocycles. The highest BCUT2D eigenvalue weighted by molar-refractivity contribution is 7.93. The van der Waals surface area contributed by atoms with Crippen molar-refractivity contribution >= 4 is 39.9 Å². The Balaban J connectivity index is 1.81. The lowest BCUT2D eigenvalue weighted by molar-refractivity contribution is -0.825. The predicted octanol–water partition coefficient (Wildman–Crippen LogP) is 3.70. The van der Waals surface area contributed by atoms with Crippen molar-refractivity contribution in [3.8, 4) is 11.3 Å². The molecule has 3 aromatic rings. The lowest BCUT2D eigenvalue weighted by Gasteiger charge is -2.03. The van der Waals surface area contributed by atoms with E-state index >= 15 is 0 Å². The fourth-order valence-corrected chi connectivity index (χ4v) is 3.06. The van der Waals surface area contributed by atoms with Gasteiger partial charge in [0.1, 0.15) is 0 Å². The zero-order chi connectivity index (χ0) is 15.4. The third-order valence-electron chi connectivity index (χ3n) is 3.03. The van der Waals surface area contributed by atoms with Crippen molar-refractivity contribution < 1.29 is 15.2 Å². The van der Waals surface area contributed by atoms with Gasteiger partial charge in [0.15, 0.2) is 10.8 Å². The van der Waals surface area contributed by atoms with Crippen LogP contribution in [-0.4, -0.2) is 14.7 Å². The third-order valence-corrected chi connectivity index (χ3v) is 4.25. The lowest BCUT2D eigenvalue weighted by Crippen LogP contribution is -2.73. The molecule has 0 fully saturated rings. The Kier molecular flexibility index (Phi) is 4.71. The van der Waals surface area contributed by atoms with E-state index in [4.69, 9.17) is 9.76 Å². The van der Waals surface area contributed by atoms with Crippen LogP contribution in [0.2, 0.25) is 0 Å². The number of nitrogens with one attached hydrogen (secondary N) is 1. The van der Waals surface area contributed by atoms with E-state index < -0.39 is 0 Å². The van der Waals surface area contributed by atoms with Crippen LogP contribution in [0.4, 0.5) is 16.5 Å². The van der Waals surface area contributed by atoms with Crippen LogP contribution in [0.3, 0.4) is 0 Å². The highest BCUT2D eigenvalue weighted by Gasteiger charge is 2.07. The molecule has 1 heterocycles. The normalized spacial score (nSPS) is 10.6. The number of hydrogen-bond acceptors (Lipinski definition) is 6. The van der Waals surface area contributed by atoms with Crippen molar-refractivity contribution in [2.45, 2.75) is 4.90 Å². The number of nitrogens with two attached hydrogens (primary N) is 1. The number of hydrogen-bond donors (Lipinski definition) is 4. The van der Waals surface area contributed by atoms with Crippen LogP contribution < -0.4 is 10.8 Å². The molecule has 7 heteroatoms. The molecule has 0 radical (unpaired) electrons. The average Bonchev–Trinajstić information content (AvgIpc) is 3.03. The Morgan fingerprint density at radius 3 is 2.82 bits per heavy atom. The molecule has 5 nitrogen and oxygen atoms in total. The van der Waals surface area contributed by atoms with Gasteiger partial charge in [-0.2, -0.15) is 5.48 Å². The maximum Gasteiger partial charge on any atom is 0.187 e. The lowest BCUT2D eigenvalue weighted by atomic mass is 10.1. The largest absolute Gasteiger partial charge is 0.331 e. The number of nitrogens with zero attached hydrogens (tertiary/aromatic N) is 1. The summed E-state index contributed by atoms with van der Waals surface area (Å²) < 4.78 is 9.08. The van der Waals surface area contributed by atoms with Gasteiger partial charge in [-0.3, -0.25) is 0 Å². The number of aromatic nitrogens is 1. The number of thiazole rings is 1. The van der Waals surface area contributed by atoms with E-state index in [-0.39, 0.29) is 0 Å². The van der Waals surface area contributed by atoms with Gasteiger partial charge in [0.2, 0.25) is 0 Å².